The predicted molar refractivity (Wildman–Crippen MR) is 99.6 cm³/mol. The van der Waals surface area contributed by atoms with E-state index in [1.54, 1.807) is 42.5 Å². The van der Waals surface area contributed by atoms with Gasteiger partial charge in [0.15, 0.2) is 0 Å². The topological polar surface area (TPSA) is 96.1 Å². The van der Waals surface area contributed by atoms with Crippen LogP contribution in [0, 0.1) is 5.82 Å². The summed E-state index contributed by atoms with van der Waals surface area (Å²) in [4.78, 5) is 24.8. The van der Waals surface area contributed by atoms with Crippen molar-refractivity contribution in [3.05, 3.63) is 77.4 Å². The van der Waals surface area contributed by atoms with Gasteiger partial charge in [0, 0.05) is 12.1 Å². The van der Waals surface area contributed by atoms with Crippen LogP contribution in [0.1, 0.15) is 21.7 Å². The van der Waals surface area contributed by atoms with Gasteiger partial charge in [-0.05, 0) is 35.9 Å². The number of para-hydroxylation sites is 2. The number of carbonyl (C=O) groups is 2. The number of ether oxygens (including phenoxy) is 1. The molecule has 2 aromatic carbocycles. The van der Waals surface area contributed by atoms with Crippen LogP contribution in [-0.2, 0) is 11.2 Å². The molecule has 1 aromatic heterocycles. The van der Waals surface area contributed by atoms with Crippen molar-refractivity contribution in [3.63, 3.8) is 0 Å². The number of benzene rings is 2. The smallest absolute Gasteiger partial charge is 0.272 e. The number of hydrogen-bond donors (Lipinski definition) is 3. The molecule has 0 saturated heterocycles. The number of anilines is 1. The Kier molecular flexibility index (Phi) is 4.76. The van der Waals surface area contributed by atoms with Crippen molar-refractivity contribution in [2.24, 2.45) is 0 Å². The highest BCUT2D eigenvalue weighted by atomic mass is 19.1. The summed E-state index contributed by atoms with van der Waals surface area (Å²) in [5, 5.41) is 12.1. The molecular weight excluding hydrogens is 363 g/mol. The lowest BCUT2D eigenvalue weighted by atomic mass is 10.1. The van der Waals surface area contributed by atoms with Gasteiger partial charge in [0.2, 0.25) is 0 Å². The Morgan fingerprint density at radius 1 is 1.21 bits per heavy atom. The fourth-order valence-electron chi connectivity index (χ4n) is 2.94. The van der Waals surface area contributed by atoms with E-state index in [-0.39, 0.29) is 24.0 Å². The minimum absolute atomic E-state index is 0.00909. The van der Waals surface area contributed by atoms with Gasteiger partial charge in [-0.3, -0.25) is 14.7 Å². The molecule has 2 heterocycles. The van der Waals surface area contributed by atoms with Gasteiger partial charge in [0.1, 0.15) is 29.9 Å². The molecule has 4 rings (SSSR count). The van der Waals surface area contributed by atoms with Crippen LogP contribution in [-0.4, -0.2) is 34.7 Å². The molecule has 7 nitrogen and oxygen atoms in total. The van der Waals surface area contributed by atoms with E-state index in [1.165, 1.54) is 12.1 Å². The molecule has 8 heteroatoms. The molecule has 1 atom stereocenters. The molecule has 3 N–H and O–H groups in total. The van der Waals surface area contributed by atoms with Crippen LogP contribution in [0.5, 0.6) is 5.75 Å². The summed E-state index contributed by atoms with van der Waals surface area (Å²) in [6.07, 6.45) is 0.403. The molecule has 1 aliphatic rings. The molecule has 0 aliphatic carbocycles. The van der Waals surface area contributed by atoms with E-state index in [1.807, 2.05) is 0 Å². The third-order valence-electron chi connectivity index (χ3n) is 4.32. The van der Waals surface area contributed by atoms with Crippen LogP contribution < -0.4 is 15.4 Å². The molecule has 0 spiro atoms. The highest BCUT2D eigenvalue weighted by Crippen LogP contribution is 2.26. The average molecular weight is 380 g/mol. The molecule has 0 bridgehead atoms. The molecule has 142 valence electrons. The first kappa shape index (κ1) is 17.7. The fraction of sp³-hybridized carbons (Fsp3) is 0.150. The maximum atomic E-state index is 13.3. The van der Waals surface area contributed by atoms with Gasteiger partial charge >= 0.3 is 0 Å². The third-order valence-corrected chi connectivity index (χ3v) is 4.32. The Morgan fingerprint density at radius 3 is 2.93 bits per heavy atom. The zero-order valence-electron chi connectivity index (χ0n) is 14.7. The van der Waals surface area contributed by atoms with Crippen molar-refractivity contribution in [2.45, 2.75) is 12.5 Å². The fourth-order valence-corrected chi connectivity index (χ4v) is 2.94. The summed E-state index contributed by atoms with van der Waals surface area (Å²) in [5.41, 5.74) is 2.11. The Balaban J connectivity index is 1.41. The van der Waals surface area contributed by atoms with E-state index in [9.17, 15) is 14.0 Å². The molecule has 2 amide bonds. The number of rotatable bonds is 4. The van der Waals surface area contributed by atoms with Gasteiger partial charge in [-0.25, -0.2) is 4.39 Å². The quantitative estimate of drug-likeness (QED) is 0.647. The molecular formula is C20H17FN4O3. The summed E-state index contributed by atoms with van der Waals surface area (Å²) >= 11 is 0. The minimum atomic E-state index is -0.858. The first-order valence-corrected chi connectivity index (χ1v) is 8.71. The van der Waals surface area contributed by atoms with Crippen LogP contribution in [0.15, 0.2) is 54.6 Å². The molecule has 0 saturated carbocycles. The number of amides is 2. The third kappa shape index (κ3) is 3.85. The van der Waals surface area contributed by atoms with Gasteiger partial charge in [0.25, 0.3) is 11.8 Å². The van der Waals surface area contributed by atoms with Gasteiger partial charge in [-0.1, -0.05) is 24.3 Å². The SMILES string of the molecule is O=C(N[C@@H]1COc2ccccc2NC1=O)c1cc(Cc2cccc(F)c2)[nH]n1. The lowest BCUT2D eigenvalue weighted by Gasteiger charge is -2.13. The zero-order valence-corrected chi connectivity index (χ0v) is 14.7. The van der Waals surface area contributed by atoms with Crippen LogP contribution in [0.3, 0.4) is 0 Å². The molecule has 1 aliphatic heterocycles. The van der Waals surface area contributed by atoms with E-state index in [4.69, 9.17) is 4.74 Å². The van der Waals surface area contributed by atoms with Gasteiger partial charge < -0.3 is 15.4 Å². The molecule has 0 unspecified atom stereocenters. The summed E-state index contributed by atoms with van der Waals surface area (Å²) < 4.78 is 18.9. The van der Waals surface area contributed by atoms with Crippen molar-refractivity contribution in [2.75, 3.05) is 11.9 Å². The first-order chi connectivity index (χ1) is 13.6. The first-order valence-electron chi connectivity index (χ1n) is 8.71. The average Bonchev–Trinajstić information content (AvgIpc) is 3.08. The summed E-state index contributed by atoms with van der Waals surface area (Å²) in [5.74, 6) is -0.648. The Hall–Kier alpha value is -3.68. The number of hydrogen-bond acceptors (Lipinski definition) is 4. The van der Waals surface area contributed by atoms with Gasteiger partial charge in [-0.15, -0.1) is 0 Å². The van der Waals surface area contributed by atoms with Gasteiger partial charge in [0.05, 0.1) is 5.69 Å². The summed E-state index contributed by atoms with van der Waals surface area (Å²) in [6.45, 7) is 0.00909. The molecule has 3 aromatic rings. The van der Waals surface area contributed by atoms with Crippen LogP contribution >= 0.6 is 0 Å². The number of nitrogens with one attached hydrogen (secondary N) is 3. The lowest BCUT2D eigenvalue weighted by molar-refractivity contribution is -0.118. The standard InChI is InChI=1S/C20H17FN4O3/c21-13-5-3-4-12(8-13)9-14-10-16(25-24-14)19(26)23-17-11-28-18-7-2-1-6-15(18)22-20(17)27/h1-8,10,17H,9,11H2,(H,22,27)(H,23,26)(H,24,25)/t17-/m1/s1. The van der Waals surface area contributed by atoms with E-state index in [0.29, 0.717) is 23.6 Å². The summed E-state index contributed by atoms with van der Waals surface area (Å²) in [6, 6.07) is 14.0. The maximum Gasteiger partial charge on any atom is 0.272 e. The zero-order chi connectivity index (χ0) is 19.5. The number of nitrogens with zero attached hydrogens (tertiary/aromatic N) is 1. The Morgan fingerprint density at radius 2 is 2.07 bits per heavy atom. The number of aromatic nitrogens is 2. The number of aromatic amines is 1. The Bertz CT molecular complexity index is 1030. The van der Waals surface area contributed by atoms with Crippen molar-refractivity contribution >= 4 is 17.5 Å². The lowest BCUT2D eigenvalue weighted by Crippen LogP contribution is -2.46. The second-order valence-corrected chi connectivity index (χ2v) is 6.41. The highest BCUT2D eigenvalue weighted by molar-refractivity contribution is 6.01. The van der Waals surface area contributed by atoms with Crippen LogP contribution in [0.4, 0.5) is 10.1 Å². The molecule has 0 fully saturated rings. The van der Waals surface area contributed by atoms with Crippen LogP contribution in [0.2, 0.25) is 0 Å². The van der Waals surface area contributed by atoms with E-state index >= 15 is 0 Å². The largest absolute Gasteiger partial charge is 0.489 e. The maximum absolute atomic E-state index is 13.3. The number of H-pyrrole nitrogens is 1. The monoisotopic (exact) mass is 380 g/mol. The second-order valence-electron chi connectivity index (χ2n) is 6.41. The van der Waals surface area contributed by atoms with Crippen molar-refractivity contribution in [3.8, 4) is 5.75 Å². The van der Waals surface area contributed by atoms with Crippen molar-refractivity contribution in [1.29, 1.82) is 0 Å². The predicted octanol–water partition coefficient (Wildman–Crippen LogP) is 2.27. The van der Waals surface area contributed by atoms with E-state index < -0.39 is 11.9 Å². The number of fused-ring (bicyclic) bond motifs is 1. The number of halogens is 1. The second kappa shape index (κ2) is 7.51. The van der Waals surface area contributed by atoms with Crippen molar-refractivity contribution in [1.82, 2.24) is 15.5 Å². The van der Waals surface area contributed by atoms with E-state index in [0.717, 1.165) is 5.56 Å². The normalized spacial score (nSPS) is 15.8. The minimum Gasteiger partial charge on any atom is -0.489 e. The van der Waals surface area contributed by atoms with Crippen LogP contribution in [0.25, 0.3) is 0 Å². The summed E-state index contributed by atoms with van der Waals surface area (Å²) in [7, 11) is 0. The van der Waals surface area contributed by atoms with Crippen molar-refractivity contribution < 1.29 is 18.7 Å². The Labute approximate surface area is 159 Å². The number of carbonyl (C=O) groups excluding carboxylic acids is 2. The van der Waals surface area contributed by atoms with Gasteiger partial charge in [-0.2, -0.15) is 5.10 Å². The molecule has 28 heavy (non-hydrogen) atoms. The molecule has 0 radical (unpaired) electrons. The van der Waals surface area contributed by atoms with E-state index in [2.05, 4.69) is 20.8 Å². The highest BCUT2D eigenvalue weighted by Gasteiger charge is 2.27.